The molecule has 0 fully saturated rings. The monoisotopic (exact) mass is 347 g/mol. The van der Waals surface area contributed by atoms with Crippen LogP contribution in [0.1, 0.15) is 46.5 Å². The molecule has 24 heavy (non-hydrogen) atoms. The number of hydrogen-bond acceptors (Lipinski definition) is 6. The maximum atomic E-state index is 13.0. The number of rotatable bonds is 5. The van der Waals surface area contributed by atoms with Crippen LogP contribution in [-0.2, 0) is 13.0 Å². The van der Waals surface area contributed by atoms with Crippen molar-refractivity contribution in [3.8, 4) is 0 Å². The minimum absolute atomic E-state index is 0.00283. The van der Waals surface area contributed by atoms with Gasteiger partial charge in [0.15, 0.2) is 0 Å². The van der Waals surface area contributed by atoms with E-state index in [4.69, 9.17) is 4.52 Å². The molecule has 1 N–H and O–H groups in total. The van der Waals surface area contributed by atoms with E-state index in [1.54, 1.807) is 6.92 Å². The Hall–Kier alpha value is -2.48. The van der Waals surface area contributed by atoms with Crippen molar-refractivity contribution in [3.05, 3.63) is 44.1 Å². The van der Waals surface area contributed by atoms with E-state index < -0.39 is 5.97 Å². The molecule has 0 atom stereocenters. The smallest absolute Gasteiger partial charge is 0.337 e. The molecule has 3 rings (SSSR count). The van der Waals surface area contributed by atoms with Crippen molar-refractivity contribution < 1.29 is 14.4 Å². The van der Waals surface area contributed by atoms with Crippen LogP contribution in [0.2, 0.25) is 0 Å². The van der Waals surface area contributed by atoms with Gasteiger partial charge in [-0.2, -0.15) is 0 Å². The Morgan fingerprint density at radius 1 is 1.42 bits per heavy atom. The topological polar surface area (TPSA) is 98.2 Å². The summed E-state index contributed by atoms with van der Waals surface area (Å²) in [5.41, 5.74) is 1.21. The van der Waals surface area contributed by atoms with Gasteiger partial charge in [-0.3, -0.25) is 9.36 Å². The van der Waals surface area contributed by atoms with Crippen LogP contribution in [0.3, 0.4) is 0 Å². The normalized spacial score (nSPS) is 11.3. The molecule has 126 valence electrons. The fourth-order valence-corrected chi connectivity index (χ4v) is 3.61. The zero-order valence-electron chi connectivity index (χ0n) is 13.6. The van der Waals surface area contributed by atoms with Crippen LogP contribution in [0.5, 0.6) is 0 Å². The van der Waals surface area contributed by atoms with Crippen molar-refractivity contribution in [3.63, 3.8) is 0 Å². The predicted molar refractivity (Wildman–Crippen MR) is 89.9 cm³/mol. The van der Waals surface area contributed by atoms with Crippen LogP contribution in [-0.4, -0.2) is 25.8 Å². The highest BCUT2D eigenvalue weighted by Crippen LogP contribution is 2.23. The fourth-order valence-electron chi connectivity index (χ4n) is 2.69. The Balaban J connectivity index is 2.25. The van der Waals surface area contributed by atoms with Crippen LogP contribution in [0.4, 0.5) is 0 Å². The minimum atomic E-state index is -1.12. The van der Waals surface area contributed by atoms with E-state index in [0.29, 0.717) is 28.5 Å². The molecular weight excluding hydrogens is 330 g/mol. The molecule has 7 nitrogen and oxygen atoms in total. The zero-order valence-corrected chi connectivity index (χ0v) is 14.4. The molecule has 0 bridgehead atoms. The van der Waals surface area contributed by atoms with E-state index in [0.717, 1.165) is 12.0 Å². The number of aromatic carboxylic acids is 1. The molecule has 0 aliphatic rings. The van der Waals surface area contributed by atoms with Gasteiger partial charge in [0.25, 0.3) is 5.56 Å². The number of fused-ring (bicyclic) bond motifs is 1. The molecule has 0 saturated carbocycles. The minimum Gasteiger partial charge on any atom is -0.478 e. The lowest BCUT2D eigenvalue weighted by Gasteiger charge is -2.12. The van der Waals surface area contributed by atoms with Gasteiger partial charge in [0.1, 0.15) is 16.4 Å². The first-order valence-corrected chi connectivity index (χ1v) is 8.48. The van der Waals surface area contributed by atoms with E-state index in [2.05, 4.69) is 10.1 Å². The van der Waals surface area contributed by atoms with E-state index >= 15 is 0 Å². The molecule has 3 aromatic rings. The fraction of sp³-hybridized carbons (Fsp3) is 0.375. The molecule has 0 aromatic carbocycles. The standard InChI is InChI=1S/C16H17N3O4S/c1-4-5-12-17-14-13(11(7-24-14)16(21)22)15(20)19(12)6-10-8(2)18-23-9(10)3/h7H,4-6H2,1-3H3,(H,21,22). The van der Waals surface area contributed by atoms with Crippen molar-refractivity contribution in [1.29, 1.82) is 0 Å². The molecule has 8 heteroatoms. The lowest BCUT2D eigenvalue weighted by atomic mass is 10.2. The summed E-state index contributed by atoms with van der Waals surface area (Å²) in [4.78, 5) is 29.4. The Bertz CT molecular complexity index is 964. The molecule has 0 unspecified atom stereocenters. The summed E-state index contributed by atoms with van der Waals surface area (Å²) in [6.45, 7) is 5.88. The van der Waals surface area contributed by atoms with Crippen molar-refractivity contribution in [1.82, 2.24) is 14.7 Å². The summed E-state index contributed by atoms with van der Waals surface area (Å²) < 4.78 is 6.70. The van der Waals surface area contributed by atoms with Crippen molar-refractivity contribution in [2.24, 2.45) is 0 Å². The van der Waals surface area contributed by atoms with Crippen LogP contribution < -0.4 is 5.56 Å². The first kappa shape index (κ1) is 16.4. The Morgan fingerprint density at radius 2 is 2.17 bits per heavy atom. The maximum absolute atomic E-state index is 13.0. The molecule has 0 aliphatic heterocycles. The second kappa shape index (κ2) is 6.20. The SMILES string of the molecule is CCCc1nc2scc(C(=O)O)c2c(=O)n1Cc1c(C)noc1C. The molecule has 0 aliphatic carbocycles. The van der Waals surface area contributed by atoms with Crippen LogP contribution >= 0.6 is 11.3 Å². The van der Waals surface area contributed by atoms with E-state index in [1.807, 2.05) is 13.8 Å². The molecule has 0 saturated heterocycles. The van der Waals surface area contributed by atoms with Crippen LogP contribution in [0.25, 0.3) is 10.2 Å². The summed E-state index contributed by atoms with van der Waals surface area (Å²) in [5.74, 6) is 0.173. The van der Waals surface area contributed by atoms with Gasteiger partial charge in [0.05, 0.1) is 23.2 Å². The number of carbonyl (C=O) groups is 1. The summed E-state index contributed by atoms with van der Waals surface area (Å²) in [6.07, 6.45) is 1.46. The van der Waals surface area contributed by atoms with Crippen molar-refractivity contribution in [2.75, 3.05) is 0 Å². The van der Waals surface area contributed by atoms with Crippen LogP contribution in [0.15, 0.2) is 14.7 Å². The average Bonchev–Trinajstić information content (AvgIpc) is 3.09. The summed E-state index contributed by atoms with van der Waals surface area (Å²) in [6, 6.07) is 0. The Kier molecular flexibility index (Phi) is 4.23. The largest absolute Gasteiger partial charge is 0.478 e. The van der Waals surface area contributed by atoms with Gasteiger partial charge < -0.3 is 9.63 Å². The molecule has 0 amide bonds. The molecule has 0 spiro atoms. The highest BCUT2D eigenvalue weighted by Gasteiger charge is 2.21. The first-order valence-electron chi connectivity index (χ1n) is 7.60. The number of carboxylic acid groups (broad SMARTS) is 1. The lowest BCUT2D eigenvalue weighted by molar-refractivity contribution is 0.0699. The molecule has 3 heterocycles. The highest BCUT2D eigenvalue weighted by atomic mass is 32.1. The van der Waals surface area contributed by atoms with Gasteiger partial charge >= 0.3 is 5.97 Å². The number of aromatic nitrogens is 3. The van der Waals surface area contributed by atoms with Gasteiger partial charge in [0, 0.05) is 17.4 Å². The maximum Gasteiger partial charge on any atom is 0.337 e. The van der Waals surface area contributed by atoms with E-state index in [9.17, 15) is 14.7 Å². The van der Waals surface area contributed by atoms with E-state index in [1.165, 1.54) is 21.3 Å². The molecule has 3 aromatic heterocycles. The third kappa shape index (κ3) is 2.62. The number of hydrogen-bond donors (Lipinski definition) is 1. The Morgan fingerprint density at radius 3 is 2.75 bits per heavy atom. The molecular formula is C16H17N3O4S. The van der Waals surface area contributed by atoms with Gasteiger partial charge in [-0.25, -0.2) is 9.78 Å². The number of nitrogens with zero attached hydrogens (tertiary/aromatic N) is 3. The van der Waals surface area contributed by atoms with Gasteiger partial charge in [0.2, 0.25) is 0 Å². The number of aryl methyl sites for hydroxylation is 3. The lowest BCUT2D eigenvalue weighted by Crippen LogP contribution is -2.26. The first-order chi connectivity index (χ1) is 11.4. The van der Waals surface area contributed by atoms with E-state index in [-0.39, 0.29) is 23.1 Å². The second-order valence-electron chi connectivity index (χ2n) is 5.61. The second-order valence-corrected chi connectivity index (χ2v) is 6.46. The van der Waals surface area contributed by atoms with Gasteiger partial charge in [-0.1, -0.05) is 12.1 Å². The predicted octanol–water partition coefficient (Wildman–Crippen LogP) is 2.76. The van der Waals surface area contributed by atoms with Gasteiger partial charge in [-0.05, 0) is 20.3 Å². The number of carboxylic acids is 1. The highest BCUT2D eigenvalue weighted by molar-refractivity contribution is 7.17. The third-order valence-corrected chi connectivity index (χ3v) is 4.85. The Labute approximate surface area is 141 Å². The van der Waals surface area contributed by atoms with Crippen LogP contribution in [0, 0.1) is 13.8 Å². The third-order valence-electron chi connectivity index (χ3n) is 3.97. The summed E-state index contributed by atoms with van der Waals surface area (Å²) in [7, 11) is 0. The quantitative estimate of drug-likeness (QED) is 0.762. The average molecular weight is 347 g/mol. The molecule has 0 radical (unpaired) electrons. The van der Waals surface area contributed by atoms with Crippen molar-refractivity contribution in [2.45, 2.75) is 40.2 Å². The summed E-state index contributed by atoms with van der Waals surface area (Å²) in [5, 5.41) is 14.9. The van der Waals surface area contributed by atoms with Gasteiger partial charge in [-0.15, -0.1) is 11.3 Å². The number of thiophene rings is 1. The van der Waals surface area contributed by atoms with Crippen molar-refractivity contribution >= 4 is 27.5 Å². The zero-order chi connectivity index (χ0) is 17.4. The summed E-state index contributed by atoms with van der Waals surface area (Å²) >= 11 is 1.18.